The molecule has 2 aliphatic heterocycles. The number of allylic oxidation sites excluding steroid dienone is 3. The molecular formula is C24H24ClN3O4S. The zero-order valence-corrected chi connectivity index (χ0v) is 19.8. The van der Waals surface area contributed by atoms with E-state index in [0.717, 1.165) is 12.8 Å². The van der Waals surface area contributed by atoms with Gasteiger partial charge >= 0.3 is 0 Å². The normalized spacial score (nSPS) is 18.8. The van der Waals surface area contributed by atoms with Gasteiger partial charge in [-0.1, -0.05) is 36.0 Å². The standard InChI is InChI=1S/C24H24ClN3O4S/c1-14(29)27-10-7-15(8-11-27)9-12-28-23(31)17-3-2-4-19(21(17)24(28)32)26-22(30)18-13-16(25)5-6-20(18)33/h2-5,13,15H,6-12H2,1H3,(H,26,30). The van der Waals surface area contributed by atoms with Crippen LogP contribution >= 0.6 is 23.8 Å². The summed E-state index contributed by atoms with van der Waals surface area (Å²) in [5, 5.41) is 3.17. The van der Waals surface area contributed by atoms with E-state index >= 15 is 0 Å². The number of likely N-dealkylation sites (tertiary alicyclic amines) is 1. The van der Waals surface area contributed by atoms with Crippen LogP contribution in [0.3, 0.4) is 0 Å². The second-order valence-corrected chi connectivity index (χ2v) is 9.39. The third-order valence-electron chi connectivity index (χ3n) is 6.38. The van der Waals surface area contributed by atoms with Gasteiger partial charge in [0.25, 0.3) is 17.7 Å². The minimum Gasteiger partial charge on any atom is -0.343 e. The number of carbonyl (C=O) groups excluding carboxylic acids is 4. The topological polar surface area (TPSA) is 86.8 Å². The van der Waals surface area contributed by atoms with Gasteiger partial charge in [-0.3, -0.25) is 24.1 Å². The number of piperidine rings is 1. The Hall–Kier alpha value is -2.84. The molecule has 0 aromatic heterocycles. The summed E-state index contributed by atoms with van der Waals surface area (Å²) in [5.41, 5.74) is 1.04. The molecule has 2 heterocycles. The van der Waals surface area contributed by atoms with Crippen molar-refractivity contribution >= 4 is 58.0 Å². The third kappa shape index (κ3) is 4.77. The molecule has 33 heavy (non-hydrogen) atoms. The van der Waals surface area contributed by atoms with Crippen molar-refractivity contribution in [1.82, 2.24) is 9.80 Å². The fourth-order valence-corrected chi connectivity index (χ4v) is 4.87. The summed E-state index contributed by atoms with van der Waals surface area (Å²) in [6.45, 7) is 3.28. The maximum absolute atomic E-state index is 13.1. The second-order valence-electron chi connectivity index (χ2n) is 8.46. The van der Waals surface area contributed by atoms with Crippen molar-refractivity contribution in [2.75, 3.05) is 25.0 Å². The minimum absolute atomic E-state index is 0.0754. The third-order valence-corrected chi connectivity index (χ3v) is 7.03. The van der Waals surface area contributed by atoms with E-state index in [1.54, 1.807) is 31.2 Å². The van der Waals surface area contributed by atoms with Crippen LogP contribution in [0.15, 0.2) is 41.0 Å². The van der Waals surface area contributed by atoms with Crippen LogP contribution in [-0.2, 0) is 9.59 Å². The van der Waals surface area contributed by atoms with E-state index in [2.05, 4.69) is 5.32 Å². The van der Waals surface area contributed by atoms with Gasteiger partial charge in [0.15, 0.2) is 0 Å². The molecule has 1 saturated heterocycles. The van der Waals surface area contributed by atoms with E-state index in [1.165, 1.54) is 11.0 Å². The van der Waals surface area contributed by atoms with Gasteiger partial charge < -0.3 is 10.2 Å². The van der Waals surface area contributed by atoms with E-state index < -0.39 is 11.8 Å². The largest absolute Gasteiger partial charge is 0.343 e. The van der Waals surface area contributed by atoms with Crippen LogP contribution in [0.25, 0.3) is 0 Å². The Morgan fingerprint density at radius 3 is 2.61 bits per heavy atom. The number of nitrogens with one attached hydrogen (secondary N) is 1. The number of carbonyl (C=O) groups is 4. The first-order valence-corrected chi connectivity index (χ1v) is 11.7. The fraction of sp³-hybridized carbons (Fsp3) is 0.375. The summed E-state index contributed by atoms with van der Waals surface area (Å²) in [6.07, 6.45) is 6.03. The van der Waals surface area contributed by atoms with Gasteiger partial charge in [-0.15, -0.1) is 0 Å². The molecule has 0 bridgehead atoms. The number of hydrogen-bond donors (Lipinski definition) is 1. The molecular weight excluding hydrogens is 462 g/mol. The lowest BCUT2D eigenvalue weighted by molar-refractivity contribution is -0.130. The molecule has 0 spiro atoms. The maximum atomic E-state index is 13.1. The molecule has 9 heteroatoms. The minimum atomic E-state index is -0.462. The predicted molar refractivity (Wildman–Crippen MR) is 129 cm³/mol. The summed E-state index contributed by atoms with van der Waals surface area (Å²) in [7, 11) is 0. The average Bonchev–Trinajstić information content (AvgIpc) is 3.04. The summed E-state index contributed by atoms with van der Waals surface area (Å²) in [5.74, 6) is -0.806. The van der Waals surface area contributed by atoms with Crippen LogP contribution in [0.4, 0.5) is 5.69 Å². The second kappa shape index (κ2) is 9.57. The molecule has 0 radical (unpaired) electrons. The molecule has 4 amide bonds. The highest BCUT2D eigenvalue weighted by Crippen LogP contribution is 2.31. The van der Waals surface area contributed by atoms with Crippen LogP contribution in [0.1, 0.15) is 53.3 Å². The molecule has 0 atom stereocenters. The molecule has 1 aliphatic carbocycles. The van der Waals surface area contributed by atoms with E-state index in [1.807, 2.05) is 4.90 Å². The summed E-state index contributed by atoms with van der Waals surface area (Å²) in [6, 6.07) is 4.84. The first kappa shape index (κ1) is 23.3. The Bertz CT molecular complexity index is 1120. The SMILES string of the molecule is CC(=O)N1CCC(CCN2C(=O)c3cccc(NC(=O)C4=CC(Cl)=CCC4=S)c3C2=O)CC1. The van der Waals surface area contributed by atoms with Crippen molar-refractivity contribution in [2.24, 2.45) is 5.92 Å². The van der Waals surface area contributed by atoms with Crippen molar-refractivity contribution in [2.45, 2.75) is 32.6 Å². The number of thiocarbonyl (C=S) groups is 1. The van der Waals surface area contributed by atoms with E-state index in [-0.39, 0.29) is 34.2 Å². The highest BCUT2D eigenvalue weighted by molar-refractivity contribution is 7.81. The van der Waals surface area contributed by atoms with Gasteiger partial charge in [0, 0.05) is 42.9 Å². The Labute approximate surface area is 202 Å². The highest BCUT2D eigenvalue weighted by atomic mass is 35.5. The van der Waals surface area contributed by atoms with Crippen LogP contribution < -0.4 is 5.32 Å². The number of fused-ring (bicyclic) bond motifs is 1. The van der Waals surface area contributed by atoms with E-state index in [4.69, 9.17) is 23.8 Å². The molecule has 0 saturated carbocycles. The van der Waals surface area contributed by atoms with Gasteiger partial charge in [0.1, 0.15) is 0 Å². The monoisotopic (exact) mass is 485 g/mol. The molecule has 3 aliphatic rings. The predicted octanol–water partition coefficient (Wildman–Crippen LogP) is 3.69. The molecule has 1 aromatic carbocycles. The van der Waals surface area contributed by atoms with Gasteiger partial charge in [0.05, 0.1) is 22.4 Å². The van der Waals surface area contributed by atoms with Gasteiger partial charge in [-0.25, -0.2) is 0 Å². The summed E-state index contributed by atoms with van der Waals surface area (Å²) >= 11 is 11.3. The van der Waals surface area contributed by atoms with Crippen molar-refractivity contribution < 1.29 is 19.2 Å². The summed E-state index contributed by atoms with van der Waals surface area (Å²) < 4.78 is 0. The van der Waals surface area contributed by atoms with E-state index in [0.29, 0.717) is 48.3 Å². The van der Waals surface area contributed by atoms with Crippen molar-refractivity contribution in [3.8, 4) is 0 Å². The number of amides is 4. The number of anilines is 1. The Morgan fingerprint density at radius 1 is 1.18 bits per heavy atom. The number of benzene rings is 1. The smallest absolute Gasteiger partial charge is 0.263 e. The lowest BCUT2D eigenvalue weighted by atomic mass is 9.93. The van der Waals surface area contributed by atoms with Crippen LogP contribution in [-0.4, -0.2) is 57.9 Å². The molecule has 0 unspecified atom stereocenters. The summed E-state index contributed by atoms with van der Waals surface area (Å²) in [4.78, 5) is 53.9. The molecule has 172 valence electrons. The molecule has 1 aromatic rings. The Morgan fingerprint density at radius 2 is 1.91 bits per heavy atom. The lowest BCUT2D eigenvalue weighted by Gasteiger charge is -2.31. The molecule has 1 N–H and O–H groups in total. The molecule has 7 nitrogen and oxygen atoms in total. The van der Waals surface area contributed by atoms with Crippen molar-refractivity contribution in [1.29, 1.82) is 0 Å². The maximum Gasteiger partial charge on any atom is 0.263 e. The number of rotatable bonds is 5. The van der Waals surface area contributed by atoms with Crippen LogP contribution in [0, 0.1) is 5.92 Å². The highest BCUT2D eigenvalue weighted by Gasteiger charge is 2.38. The number of hydrogen-bond acceptors (Lipinski definition) is 5. The van der Waals surface area contributed by atoms with Crippen LogP contribution in [0.5, 0.6) is 0 Å². The Kier molecular flexibility index (Phi) is 6.76. The quantitative estimate of drug-likeness (QED) is 0.507. The van der Waals surface area contributed by atoms with Crippen molar-refractivity contribution in [3.05, 3.63) is 52.1 Å². The molecule has 4 rings (SSSR count). The van der Waals surface area contributed by atoms with Gasteiger partial charge in [0.2, 0.25) is 5.91 Å². The fourth-order valence-electron chi connectivity index (χ4n) is 4.45. The average molecular weight is 486 g/mol. The van der Waals surface area contributed by atoms with Gasteiger partial charge in [-0.2, -0.15) is 0 Å². The lowest BCUT2D eigenvalue weighted by Crippen LogP contribution is -2.38. The van der Waals surface area contributed by atoms with Gasteiger partial charge in [-0.05, 0) is 43.4 Å². The van der Waals surface area contributed by atoms with E-state index in [9.17, 15) is 19.2 Å². The number of nitrogens with zero attached hydrogens (tertiary/aromatic N) is 2. The van der Waals surface area contributed by atoms with Crippen molar-refractivity contribution in [3.63, 3.8) is 0 Å². The Balaban J connectivity index is 1.45. The number of halogens is 1. The van der Waals surface area contributed by atoms with Crippen LogP contribution in [0.2, 0.25) is 0 Å². The zero-order chi connectivity index (χ0) is 23.7. The zero-order valence-electron chi connectivity index (χ0n) is 18.2. The number of imide groups is 1. The molecule has 1 fully saturated rings. The first-order valence-electron chi connectivity index (χ1n) is 10.9. The first-order chi connectivity index (χ1) is 15.8.